The van der Waals surface area contributed by atoms with E-state index in [1.165, 1.54) is 18.4 Å². The van der Waals surface area contributed by atoms with E-state index in [2.05, 4.69) is 42.8 Å². The summed E-state index contributed by atoms with van der Waals surface area (Å²) in [5.41, 5.74) is 1.97. The minimum Gasteiger partial charge on any atom is -0.388 e. The van der Waals surface area contributed by atoms with Gasteiger partial charge in [-0.25, -0.2) is 0 Å². The monoisotopic (exact) mass is 332 g/mol. The Morgan fingerprint density at radius 3 is 2.61 bits per heavy atom. The highest BCUT2D eigenvalue weighted by atomic mass is 79.9. The molecule has 3 heteroatoms. The van der Waals surface area contributed by atoms with Gasteiger partial charge in [-0.15, -0.1) is 11.6 Å². The Labute approximate surface area is 123 Å². The fraction of sp³-hybridized carbons (Fsp3) is 0.867. The van der Waals surface area contributed by atoms with E-state index in [1.54, 1.807) is 0 Å². The molecule has 4 aliphatic rings. The van der Waals surface area contributed by atoms with Crippen LogP contribution >= 0.6 is 27.5 Å². The van der Waals surface area contributed by atoms with Crippen molar-refractivity contribution < 1.29 is 5.11 Å². The lowest BCUT2D eigenvalue weighted by molar-refractivity contribution is -0.0488. The van der Waals surface area contributed by atoms with Crippen molar-refractivity contribution in [1.29, 1.82) is 0 Å². The van der Waals surface area contributed by atoms with Crippen LogP contribution in [0.2, 0.25) is 0 Å². The highest BCUT2D eigenvalue weighted by Gasteiger charge is 2.63. The van der Waals surface area contributed by atoms with Gasteiger partial charge >= 0.3 is 0 Å². The van der Waals surface area contributed by atoms with Crippen molar-refractivity contribution in [2.75, 3.05) is 0 Å². The third kappa shape index (κ3) is 1.43. The molecule has 0 aromatic carbocycles. The van der Waals surface area contributed by atoms with Crippen LogP contribution in [0.25, 0.3) is 0 Å². The number of alkyl halides is 2. The van der Waals surface area contributed by atoms with Gasteiger partial charge in [0.1, 0.15) is 0 Å². The molecule has 18 heavy (non-hydrogen) atoms. The number of rotatable bonds is 0. The van der Waals surface area contributed by atoms with Gasteiger partial charge in [0.25, 0.3) is 0 Å². The molecule has 5 atom stereocenters. The second-order valence-electron chi connectivity index (χ2n) is 7.39. The zero-order chi connectivity index (χ0) is 13.3. The first-order valence-corrected chi connectivity index (χ1v) is 8.26. The van der Waals surface area contributed by atoms with Gasteiger partial charge in [-0.05, 0) is 41.9 Å². The molecule has 0 heterocycles. The summed E-state index contributed by atoms with van der Waals surface area (Å²) in [6.45, 7) is 6.90. The highest BCUT2D eigenvalue weighted by Crippen LogP contribution is 2.69. The summed E-state index contributed by atoms with van der Waals surface area (Å²) < 4.78 is 0. The number of aliphatic hydroxyl groups is 1. The Balaban J connectivity index is 2.14. The normalized spacial score (nSPS) is 53.9. The second-order valence-corrected chi connectivity index (χ2v) is 8.90. The summed E-state index contributed by atoms with van der Waals surface area (Å²) in [4.78, 5) is 0.125. The zero-order valence-corrected chi connectivity index (χ0v) is 13.7. The van der Waals surface area contributed by atoms with Gasteiger partial charge in [0.15, 0.2) is 0 Å². The molecule has 3 saturated carbocycles. The Bertz CT molecular complexity index is 419. The van der Waals surface area contributed by atoms with Gasteiger partial charge < -0.3 is 5.11 Å². The summed E-state index contributed by atoms with van der Waals surface area (Å²) in [6, 6.07) is 0. The molecular formula is C15H22BrClO. The lowest BCUT2D eigenvalue weighted by atomic mass is 9.42. The molecule has 0 amide bonds. The topological polar surface area (TPSA) is 20.2 Å². The van der Waals surface area contributed by atoms with Gasteiger partial charge in [0.2, 0.25) is 0 Å². The number of hydrogen-bond donors (Lipinski definition) is 1. The molecular weight excluding hydrogens is 312 g/mol. The van der Waals surface area contributed by atoms with Crippen molar-refractivity contribution >= 4 is 27.5 Å². The summed E-state index contributed by atoms with van der Waals surface area (Å²) in [6.07, 6.45) is 6.33. The van der Waals surface area contributed by atoms with E-state index in [-0.39, 0.29) is 32.6 Å². The van der Waals surface area contributed by atoms with E-state index in [0.717, 1.165) is 12.8 Å². The zero-order valence-electron chi connectivity index (χ0n) is 11.3. The smallest absolute Gasteiger partial charge is 0.0854 e. The lowest BCUT2D eigenvalue weighted by Gasteiger charge is -2.65. The van der Waals surface area contributed by atoms with Crippen molar-refractivity contribution in [1.82, 2.24) is 0 Å². The molecule has 3 fully saturated rings. The van der Waals surface area contributed by atoms with Crippen molar-refractivity contribution in [3.8, 4) is 0 Å². The molecule has 1 nitrogen and oxygen atoms in total. The van der Waals surface area contributed by atoms with E-state index >= 15 is 0 Å². The third-order valence-corrected chi connectivity index (χ3v) is 8.58. The Kier molecular flexibility index (Phi) is 2.82. The maximum Gasteiger partial charge on any atom is 0.0854 e. The van der Waals surface area contributed by atoms with Crippen LogP contribution in [0.15, 0.2) is 11.6 Å². The van der Waals surface area contributed by atoms with Gasteiger partial charge in [0, 0.05) is 5.38 Å². The van der Waals surface area contributed by atoms with Crippen molar-refractivity contribution in [3.63, 3.8) is 0 Å². The molecule has 0 aliphatic heterocycles. The average molecular weight is 334 g/mol. The van der Waals surface area contributed by atoms with E-state index < -0.39 is 0 Å². The van der Waals surface area contributed by atoms with Crippen LogP contribution in [0.3, 0.4) is 0 Å². The molecule has 1 spiro atoms. The van der Waals surface area contributed by atoms with Gasteiger partial charge in [-0.2, -0.15) is 0 Å². The maximum atomic E-state index is 10.3. The fourth-order valence-corrected chi connectivity index (χ4v) is 5.64. The standard InChI is InChI=1S/C15H22BrClO/c1-13(2)12(16)10(18)6-9-7-14(3)4-5-15(9,13)8-11(14)17/h6,10-12,18H,4-5,7-8H2,1-3H3/t10-,11-,12-,14-,15+/m0/s1. The molecule has 0 unspecified atom stereocenters. The number of allylic oxidation sites excluding steroid dienone is 1. The summed E-state index contributed by atoms with van der Waals surface area (Å²) in [7, 11) is 0. The molecule has 0 aromatic rings. The maximum absolute atomic E-state index is 10.3. The molecule has 0 radical (unpaired) electrons. The largest absolute Gasteiger partial charge is 0.388 e. The van der Waals surface area contributed by atoms with Crippen molar-refractivity contribution in [2.24, 2.45) is 16.2 Å². The first-order valence-electron chi connectivity index (χ1n) is 6.90. The average Bonchev–Trinajstić information content (AvgIpc) is 2.28. The quantitative estimate of drug-likeness (QED) is 0.518. The first-order chi connectivity index (χ1) is 8.23. The van der Waals surface area contributed by atoms with E-state index in [0.29, 0.717) is 0 Å². The van der Waals surface area contributed by atoms with Gasteiger partial charge in [-0.3, -0.25) is 0 Å². The molecule has 0 aromatic heterocycles. The predicted octanol–water partition coefficient (Wildman–Crippen LogP) is 4.26. The minimum absolute atomic E-state index is 0.0609. The van der Waals surface area contributed by atoms with Crippen molar-refractivity contribution in [2.45, 2.75) is 62.8 Å². The van der Waals surface area contributed by atoms with Crippen LogP contribution in [0.5, 0.6) is 0 Å². The van der Waals surface area contributed by atoms with E-state index in [9.17, 15) is 5.11 Å². The Morgan fingerprint density at radius 1 is 1.33 bits per heavy atom. The van der Waals surface area contributed by atoms with Crippen LogP contribution in [0, 0.1) is 16.2 Å². The number of halogens is 2. The number of fused-ring (bicyclic) bond motifs is 2. The molecule has 1 N–H and O–H groups in total. The number of aliphatic hydroxyl groups excluding tert-OH is 1. The van der Waals surface area contributed by atoms with Gasteiger partial charge in [0.05, 0.1) is 10.9 Å². The first kappa shape index (κ1) is 13.5. The van der Waals surface area contributed by atoms with Gasteiger partial charge in [-0.1, -0.05) is 48.4 Å². The predicted molar refractivity (Wildman–Crippen MR) is 79.2 cm³/mol. The van der Waals surface area contributed by atoms with Crippen molar-refractivity contribution in [3.05, 3.63) is 11.6 Å². The van der Waals surface area contributed by atoms with E-state index in [4.69, 9.17) is 11.6 Å². The SMILES string of the molecule is CC1(C)[C@@H](Br)[C@@H](O)C=C2C[C@]3(C)CC[C@@]21C[C@@H]3Cl. The Morgan fingerprint density at radius 2 is 2.00 bits per heavy atom. The highest BCUT2D eigenvalue weighted by molar-refractivity contribution is 9.09. The van der Waals surface area contributed by atoms with Crippen LogP contribution in [0.1, 0.15) is 46.5 Å². The molecule has 2 bridgehead atoms. The Hall–Kier alpha value is 0.470. The summed E-state index contributed by atoms with van der Waals surface area (Å²) >= 11 is 10.4. The fourth-order valence-electron chi connectivity index (χ4n) is 4.60. The molecule has 0 saturated heterocycles. The van der Waals surface area contributed by atoms with Crippen LogP contribution in [-0.4, -0.2) is 21.4 Å². The molecule has 102 valence electrons. The lowest BCUT2D eigenvalue weighted by Crippen LogP contribution is -2.60. The van der Waals surface area contributed by atoms with Crippen LogP contribution in [-0.2, 0) is 0 Å². The third-order valence-electron chi connectivity index (χ3n) is 6.21. The number of hydrogen-bond acceptors (Lipinski definition) is 1. The summed E-state index contributed by atoms with van der Waals surface area (Å²) in [5, 5.41) is 10.5. The van der Waals surface area contributed by atoms with Crippen LogP contribution in [0.4, 0.5) is 0 Å². The van der Waals surface area contributed by atoms with Crippen LogP contribution < -0.4 is 0 Å². The molecule has 4 aliphatic carbocycles. The van der Waals surface area contributed by atoms with E-state index in [1.807, 2.05) is 0 Å². The summed E-state index contributed by atoms with van der Waals surface area (Å²) in [5.74, 6) is 0. The minimum atomic E-state index is -0.364. The molecule has 4 rings (SSSR count). The second kappa shape index (κ2) is 3.77.